The predicted octanol–water partition coefficient (Wildman–Crippen LogP) is 0.833. The molecule has 0 unspecified atom stereocenters. The van der Waals surface area contributed by atoms with E-state index in [-0.39, 0.29) is 5.84 Å². The lowest BCUT2D eigenvalue weighted by molar-refractivity contribution is -0.0102. The summed E-state index contributed by atoms with van der Waals surface area (Å²) in [6, 6.07) is 4.25. The fraction of sp³-hybridized carbons (Fsp3) is 0.538. The van der Waals surface area contributed by atoms with Crippen LogP contribution in [0.25, 0.3) is 0 Å². The molecule has 0 radical (unpaired) electrons. The van der Waals surface area contributed by atoms with Crippen molar-refractivity contribution in [3.63, 3.8) is 0 Å². The van der Waals surface area contributed by atoms with Gasteiger partial charge in [-0.05, 0) is 37.5 Å². The highest BCUT2D eigenvalue weighted by molar-refractivity contribution is 5.95. The molecule has 6 nitrogen and oxygen atoms in total. The van der Waals surface area contributed by atoms with Crippen LogP contribution in [0.4, 0.5) is 0 Å². The number of nitrogens with one attached hydrogen (secondary N) is 1. The van der Waals surface area contributed by atoms with Crippen LogP contribution in [0.1, 0.15) is 31.0 Å². The number of oxime groups is 1. The Morgan fingerprint density at radius 3 is 3.11 bits per heavy atom. The number of ether oxygens (including phenoxy) is 1. The summed E-state index contributed by atoms with van der Waals surface area (Å²) >= 11 is 0. The van der Waals surface area contributed by atoms with Gasteiger partial charge < -0.3 is 21.0 Å². The maximum absolute atomic E-state index is 8.62. The number of nitrogens with zero attached hydrogens (tertiary/aromatic N) is 2. The van der Waals surface area contributed by atoms with E-state index in [2.05, 4.69) is 15.5 Å². The summed E-state index contributed by atoms with van der Waals surface area (Å²) in [6.45, 7) is 3.55. The van der Waals surface area contributed by atoms with E-state index < -0.39 is 0 Å². The van der Waals surface area contributed by atoms with Crippen LogP contribution in [0, 0.1) is 0 Å². The zero-order chi connectivity index (χ0) is 13.7. The Morgan fingerprint density at radius 2 is 2.42 bits per heavy atom. The molecule has 2 rings (SSSR count). The fourth-order valence-corrected chi connectivity index (χ4v) is 2.14. The highest BCUT2D eigenvalue weighted by atomic mass is 16.5. The Labute approximate surface area is 112 Å². The van der Waals surface area contributed by atoms with Gasteiger partial charge in [-0.25, -0.2) is 0 Å². The molecule has 0 aliphatic heterocycles. The molecule has 104 valence electrons. The molecule has 1 heterocycles. The van der Waals surface area contributed by atoms with E-state index in [1.807, 2.05) is 19.1 Å². The Balaban J connectivity index is 1.81. The smallest absolute Gasteiger partial charge is 0.188 e. The number of hydrogen-bond acceptors (Lipinski definition) is 5. The average molecular weight is 264 g/mol. The standard InChI is InChI=1S/C13H20N4O2/c1-2-19-11-6-10(7-11)16-8-9-3-4-15-12(5-9)13(14)17-18/h3-5,10-11,16,18H,2,6-8H2,1H3,(H2,14,17). The molecule has 0 spiro atoms. The van der Waals surface area contributed by atoms with Crippen LogP contribution in [0.5, 0.6) is 0 Å². The van der Waals surface area contributed by atoms with Crippen LogP contribution in [0.3, 0.4) is 0 Å². The number of amidine groups is 1. The predicted molar refractivity (Wildman–Crippen MR) is 72.0 cm³/mol. The van der Waals surface area contributed by atoms with Gasteiger partial charge in [0.2, 0.25) is 0 Å². The zero-order valence-corrected chi connectivity index (χ0v) is 11.0. The first-order valence-electron chi connectivity index (χ1n) is 6.50. The summed E-state index contributed by atoms with van der Waals surface area (Å²) in [4.78, 5) is 4.04. The topological polar surface area (TPSA) is 92.8 Å². The van der Waals surface area contributed by atoms with Gasteiger partial charge in [0.05, 0.1) is 6.10 Å². The van der Waals surface area contributed by atoms with E-state index in [1.165, 1.54) is 0 Å². The molecule has 1 fully saturated rings. The van der Waals surface area contributed by atoms with Crippen molar-refractivity contribution in [3.05, 3.63) is 29.6 Å². The van der Waals surface area contributed by atoms with Crippen molar-refractivity contribution in [1.82, 2.24) is 10.3 Å². The van der Waals surface area contributed by atoms with Gasteiger partial charge in [0.1, 0.15) is 5.69 Å². The molecule has 0 aromatic carbocycles. The van der Waals surface area contributed by atoms with Crippen molar-refractivity contribution < 1.29 is 9.94 Å². The van der Waals surface area contributed by atoms with Crippen LogP contribution >= 0.6 is 0 Å². The first-order valence-corrected chi connectivity index (χ1v) is 6.50. The first-order chi connectivity index (χ1) is 9.22. The first kappa shape index (κ1) is 13.8. The molecule has 1 aliphatic carbocycles. The van der Waals surface area contributed by atoms with E-state index in [0.29, 0.717) is 17.8 Å². The molecule has 0 atom stereocenters. The molecule has 0 amide bonds. The SMILES string of the molecule is CCOC1CC(NCc2ccnc(/C(N)=N/O)c2)C1. The third kappa shape index (κ3) is 3.65. The Kier molecular flexibility index (Phi) is 4.70. The number of nitrogens with two attached hydrogens (primary N) is 1. The maximum Gasteiger partial charge on any atom is 0.188 e. The van der Waals surface area contributed by atoms with Crippen LogP contribution in [0.2, 0.25) is 0 Å². The highest BCUT2D eigenvalue weighted by Crippen LogP contribution is 2.23. The summed E-state index contributed by atoms with van der Waals surface area (Å²) in [6.07, 6.45) is 4.19. The van der Waals surface area contributed by atoms with Gasteiger partial charge in [-0.1, -0.05) is 5.16 Å². The van der Waals surface area contributed by atoms with E-state index in [1.54, 1.807) is 6.20 Å². The van der Waals surface area contributed by atoms with Gasteiger partial charge in [-0.3, -0.25) is 4.98 Å². The van der Waals surface area contributed by atoms with Gasteiger partial charge >= 0.3 is 0 Å². The van der Waals surface area contributed by atoms with Crippen molar-refractivity contribution in [2.45, 2.75) is 38.5 Å². The molecule has 1 aromatic heterocycles. The van der Waals surface area contributed by atoms with Gasteiger partial charge in [0.25, 0.3) is 0 Å². The minimum Gasteiger partial charge on any atom is -0.409 e. The monoisotopic (exact) mass is 264 g/mol. The highest BCUT2D eigenvalue weighted by Gasteiger charge is 2.28. The molecule has 4 N–H and O–H groups in total. The third-order valence-corrected chi connectivity index (χ3v) is 3.29. The maximum atomic E-state index is 8.62. The molecule has 6 heteroatoms. The minimum absolute atomic E-state index is 0.0295. The van der Waals surface area contributed by atoms with Gasteiger partial charge in [0.15, 0.2) is 5.84 Å². The second kappa shape index (κ2) is 6.49. The number of rotatable bonds is 6. The van der Waals surface area contributed by atoms with E-state index in [9.17, 15) is 0 Å². The van der Waals surface area contributed by atoms with Crippen molar-refractivity contribution in [2.75, 3.05) is 6.61 Å². The summed E-state index contributed by atoms with van der Waals surface area (Å²) in [5, 5.41) is 15.0. The van der Waals surface area contributed by atoms with E-state index in [0.717, 1.165) is 31.6 Å². The molecular weight excluding hydrogens is 244 g/mol. The van der Waals surface area contributed by atoms with E-state index >= 15 is 0 Å². The third-order valence-electron chi connectivity index (χ3n) is 3.29. The zero-order valence-electron chi connectivity index (χ0n) is 11.0. The molecular formula is C13H20N4O2. The average Bonchev–Trinajstić information content (AvgIpc) is 2.40. The van der Waals surface area contributed by atoms with Crippen molar-refractivity contribution in [2.24, 2.45) is 10.9 Å². The van der Waals surface area contributed by atoms with Crippen molar-refractivity contribution in [3.8, 4) is 0 Å². The number of hydrogen-bond donors (Lipinski definition) is 3. The van der Waals surface area contributed by atoms with Gasteiger partial charge in [-0.15, -0.1) is 0 Å². The summed E-state index contributed by atoms with van der Waals surface area (Å²) in [7, 11) is 0. The Morgan fingerprint density at radius 1 is 1.63 bits per heavy atom. The Bertz CT molecular complexity index is 444. The summed E-state index contributed by atoms with van der Waals surface area (Å²) < 4.78 is 5.52. The second-order valence-corrected chi connectivity index (χ2v) is 4.66. The Hall–Kier alpha value is -1.66. The molecule has 19 heavy (non-hydrogen) atoms. The number of pyridine rings is 1. The lowest BCUT2D eigenvalue weighted by atomic mass is 9.89. The minimum atomic E-state index is 0.0295. The molecule has 0 bridgehead atoms. The van der Waals surface area contributed by atoms with Crippen LogP contribution < -0.4 is 11.1 Å². The van der Waals surface area contributed by atoms with E-state index in [4.69, 9.17) is 15.7 Å². The molecule has 1 aliphatic rings. The lowest BCUT2D eigenvalue weighted by Gasteiger charge is -2.35. The summed E-state index contributed by atoms with van der Waals surface area (Å²) in [5.74, 6) is 0.0295. The normalized spacial score (nSPS) is 23.1. The molecule has 0 saturated heterocycles. The summed E-state index contributed by atoms with van der Waals surface area (Å²) in [5.41, 5.74) is 7.06. The largest absolute Gasteiger partial charge is 0.409 e. The van der Waals surface area contributed by atoms with Gasteiger partial charge in [-0.2, -0.15) is 0 Å². The molecule has 1 aromatic rings. The quantitative estimate of drug-likeness (QED) is 0.306. The lowest BCUT2D eigenvalue weighted by Crippen LogP contribution is -2.45. The number of aromatic nitrogens is 1. The van der Waals surface area contributed by atoms with Crippen LogP contribution in [-0.2, 0) is 11.3 Å². The van der Waals surface area contributed by atoms with Crippen LogP contribution in [-0.4, -0.2) is 34.8 Å². The van der Waals surface area contributed by atoms with Crippen LogP contribution in [0.15, 0.2) is 23.5 Å². The van der Waals surface area contributed by atoms with Gasteiger partial charge in [0, 0.05) is 25.4 Å². The second-order valence-electron chi connectivity index (χ2n) is 4.66. The fourth-order valence-electron chi connectivity index (χ4n) is 2.14. The molecule has 1 saturated carbocycles. The van der Waals surface area contributed by atoms with Crippen molar-refractivity contribution >= 4 is 5.84 Å². The van der Waals surface area contributed by atoms with Crippen molar-refractivity contribution in [1.29, 1.82) is 0 Å².